The number of piperazine rings is 1. The molecule has 6 rings (SSSR count). The summed E-state index contributed by atoms with van der Waals surface area (Å²) in [6.45, 7) is 4.84. The summed E-state index contributed by atoms with van der Waals surface area (Å²) < 4.78 is 18.2. The molecule has 2 unspecified atom stereocenters. The highest BCUT2D eigenvalue weighted by Gasteiger charge is 2.50. The van der Waals surface area contributed by atoms with Gasteiger partial charge in [0.05, 0.1) is 12.7 Å². The van der Waals surface area contributed by atoms with Gasteiger partial charge in [-0.15, -0.1) is 0 Å². The smallest absolute Gasteiger partial charge is 0.146 e. The van der Waals surface area contributed by atoms with Crippen LogP contribution in [0.3, 0.4) is 0 Å². The van der Waals surface area contributed by atoms with E-state index < -0.39 is 0 Å². The van der Waals surface area contributed by atoms with Gasteiger partial charge in [-0.3, -0.25) is 4.90 Å². The van der Waals surface area contributed by atoms with E-state index in [0.29, 0.717) is 0 Å². The molecule has 2 N–H and O–H groups in total. The van der Waals surface area contributed by atoms with Gasteiger partial charge in [0.2, 0.25) is 0 Å². The number of H-pyrrole nitrogens is 1. The third-order valence-electron chi connectivity index (χ3n) is 6.14. The molecular formula is C23H24N4O3. The zero-order chi connectivity index (χ0) is 20.1. The molecule has 1 aromatic carbocycles. The van der Waals surface area contributed by atoms with E-state index in [-0.39, 0.29) is 12.2 Å². The predicted octanol–water partition coefficient (Wildman–Crippen LogP) is 2.85. The molecule has 7 nitrogen and oxygen atoms in total. The van der Waals surface area contributed by atoms with E-state index in [2.05, 4.69) is 38.4 Å². The number of aromatic amines is 1. The van der Waals surface area contributed by atoms with Crippen molar-refractivity contribution in [2.75, 3.05) is 33.3 Å². The number of fused-ring (bicyclic) bond motifs is 4. The Morgan fingerprint density at radius 1 is 1.23 bits per heavy atom. The molecule has 0 saturated carbocycles. The zero-order valence-electron chi connectivity index (χ0n) is 16.9. The first-order valence-electron chi connectivity index (χ1n) is 10.4. The molecule has 3 aromatic rings. The van der Waals surface area contributed by atoms with Gasteiger partial charge in [0.25, 0.3) is 0 Å². The molecular weight excluding hydrogens is 380 g/mol. The van der Waals surface area contributed by atoms with E-state index in [9.17, 15) is 0 Å². The molecule has 0 spiro atoms. The fourth-order valence-electron chi connectivity index (χ4n) is 4.51. The summed E-state index contributed by atoms with van der Waals surface area (Å²) in [5, 5.41) is 4.48. The number of benzene rings is 1. The maximum absolute atomic E-state index is 6.50. The Balaban J connectivity index is 1.39. The lowest BCUT2D eigenvalue weighted by atomic mass is 9.99. The Hall–Kier alpha value is -2.87. The minimum absolute atomic E-state index is 0.0282. The van der Waals surface area contributed by atoms with E-state index >= 15 is 0 Å². The van der Waals surface area contributed by atoms with Crippen molar-refractivity contribution in [3.8, 4) is 11.5 Å². The molecule has 0 amide bonds. The molecule has 3 aliphatic rings. The molecule has 2 saturated heterocycles. The first kappa shape index (κ1) is 17.9. The maximum atomic E-state index is 6.50. The number of ether oxygens (including phenoxy) is 3. The number of epoxide rings is 1. The fourth-order valence-corrected chi connectivity index (χ4v) is 4.51. The van der Waals surface area contributed by atoms with Crippen LogP contribution in [0.1, 0.15) is 22.8 Å². The van der Waals surface area contributed by atoms with Gasteiger partial charge in [-0.2, -0.15) is 0 Å². The van der Waals surface area contributed by atoms with Crippen LogP contribution in [0.2, 0.25) is 0 Å². The number of rotatable bonds is 4. The Bertz CT molecular complexity index is 1130. The molecule has 0 bridgehead atoms. The molecule has 5 heterocycles. The molecule has 2 atom stereocenters. The lowest BCUT2D eigenvalue weighted by Crippen LogP contribution is -2.43. The van der Waals surface area contributed by atoms with Crippen molar-refractivity contribution in [2.45, 2.75) is 18.8 Å². The Morgan fingerprint density at radius 2 is 2.13 bits per heavy atom. The highest BCUT2D eigenvalue weighted by molar-refractivity contribution is 5.86. The molecule has 30 heavy (non-hydrogen) atoms. The summed E-state index contributed by atoms with van der Waals surface area (Å²) in [5.41, 5.74) is 4.13. The second-order valence-electron chi connectivity index (χ2n) is 7.96. The zero-order valence-corrected chi connectivity index (χ0v) is 16.9. The van der Waals surface area contributed by atoms with Crippen LogP contribution in [0.5, 0.6) is 11.5 Å². The minimum atomic E-state index is -0.0282. The lowest BCUT2D eigenvalue weighted by molar-refractivity contribution is 0.226. The lowest BCUT2D eigenvalue weighted by Gasteiger charge is -2.29. The molecule has 154 valence electrons. The molecule has 7 heteroatoms. The Kier molecular flexibility index (Phi) is 4.26. The first-order valence-corrected chi connectivity index (χ1v) is 10.4. The summed E-state index contributed by atoms with van der Waals surface area (Å²) in [7, 11) is 1.72. The van der Waals surface area contributed by atoms with Crippen LogP contribution in [0.25, 0.3) is 17.1 Å². The van der Waals surface area contributed by atoms with Crippen molar-refractivity contribution in [2.24, 2.45) is 0 Å². The second kappa shape index (κ2) is 7.12. The van der Waals surface area contributed by atoms with Gasteiger partial charge < -0.3 is 24.5 Å². The number of aromatic nitrogens is 2. The van der Waals surface area contributed by atoms with E-state index in [1.54, 1.807) is 13.3 Å². The number of pyridine rings is 1. The number of hydrogen-bond donors (Lipinski definition) is 2. The summed E-state index contributed by atoms with van der Waals surface area (Å²) in [4.78, 5) is 10.0. The number of nitrogens with one attached hydrogen (secondary N) is 2. The second-order valence-corrected chi connectivity index (χ2v) is 7.96. The molecule has 2 fully saturated rings. The van der Waals surface area contributed by atoms with Gasteiger partial charge >= 0.3 is 0 Å². The average Bonchev–Trinajstić information content (AvgIpc) is 3.50. The Morgan fingerprint density at radius 3 is 3.00 bits per heavy atom. The van der Waals surface area contributed by atoms with Crippen LogP contribution in [-0.2, 0) is 11.3 Å². The fraction of sp³-hybridized carbons (Fsp3) is 0.348. The van der Waals surface area contributed by atoms with Crippen molar-refractivity contribution < 1.29 is 14.2 Å². The van der Waals surface area contributed by atoms with Crippen molar-refractivity contribution in [3.05, 3.63) is 59.1 Å². The third kappa shape index (κ3) is 2.98. The molecule has 0 radical (unpaired) electrons. The summed E-state index contributed by atoms with van der Waals surface area (Å²) in [6, 6.07) is 8.12. The predicted molar refractivity (Wildman–Crippen MR) is 113 cm³/mol. The highest BCUT2D eigenvalue weighted by Crippen LogP contribution is 2.54. The van der Waals surface area contributed by atoms with Crippen LogP contribution in [-0.4, -0.2) is 54.3 Å². The minimum Gasteiger partial charge on any atom is -0.496 e. The van der Waals surface area contributed by atoms with Crippen LogP contribution in [0.15, 0.2) is 42.4 Å². The topological polar surface area (TPSA) is 74.9 Å². The number of hydrogen-bond acceptors (Lipinski definition) is 6. The van der Waals surface area contributed by atoms with Crippen LogP contribution in [0.4, 0.5) is 0 Å². The number of nitrogens with zero attached hydrogens (tertiary/aromatic N) is 2. The maximum Gasteiger partial charge on any atom is 0.146 e. The van der Waals surface area contributed by atoms with Crippen molar-refractivity contribution in [1.82, 2.24) is 20.2 Å². The first-order chi connectivity index (χ1) is 14.8. The van der Waals surface area contributed by atoms with Crippen LogP contribution >= 0.6 is 0 Å². The van der Waals surface area contributed by atoms with Gasteiger partial charge in [-0.1, -0.05) is 0 Å². The van der Waals surface area contributed by atoms with E-state index in [0.717, 1.165) is 77.7 Å². The van der Waals surface area contributed by atoms with Gasteiger partial charge in [0.15, 0.2) is 0 Å². The number of methoxy groups -OCH3 is 1. The summed E-state index contributed by atoms with van der Waals surface area (Å²) >= 11 is 0. The third-order valence-corrected chi connectivity index (χ3v) is 6.14. The van der Waals surface area contributed by atoms with E-state index in [4.69, 9.17) is 14.2 Å². The van der Waals surface area contributed by atoms with E-state index in [1.807, 2.05) is 18.3 Å². The Labute approximate surface area is 174 Å². The van der Waals surface area contributed by atoms with Crippen molar-refractivity contribution in [3.63, 3.8) is 0 Å². The van der Waals surface area contributed by atoms with E-state index in [1.165, 1.54) is 0 Å². The average molecular weight is 404 g/mol. The monoisotopic (exact) mass is 404 g/mol. The summed E-state index contributed by atoms with van der Waals surface area (Å²) in [6.07, 6.45) is 5.85. The van der Waals surface area contributed by atoms with Crippen LogP contribution < -0.4 is 14.8 Å². The largest absolute Gasteiger partial charge is 0.496 e. The SMILES string of the molecule is COc1ccc2c(c1CN1CCNCC1)O/C(=C\c1c[nH]c3ncccc13)C1OC21. The molecule has 0 aliphatic carbocycles. The normalized spacial score (nSPS) is 24.4. The van der Waals surface area contributed by atoms with Gasteiger partial charge in [-0.05, 0) is 30.3 Å². The van der Waals surface area contributed by atoms with Crippen LogP contribution in [0, 0.1) is 0 Å². The quantitative estimate of drug-likeness (QED) is 0.652. The van der Waals surface area contributed by atoms with Crippen molar-refractivity contribution >= 4 is 17.1 Å². The molecule has 3 aliphatic heterocycles. The van der Waals surface area contributed by atoms with Gasteiger partial charge in [0.1, 0.15) is 35.1 Å². The van der Waals surface area contributed by atoms with Gasteiger partial charge in [0, 0.05) is 61.6 Å². The van der Waals surface area contributed by atoms with Crippen molar-refractivity contribution in [1.29, 1.82) is 0 Å². The summed E-state index contributed by atoms with van der Waals surface area (Å²) in [5.74, 6) is 2.59. The molecule has 2 aromatic heterocycles. The van der Waals surface area contributed by atoms with Gasteiger partial charge in [-0.25, -0.2) is 4.98 Å². The highest BCUT2D eigenvalue weighted by atomic mass is 16.6. The standard InChI is InChI=1S/C23H24N4O3/c1-28-18-5-4-16-20(17(18)13-27-9-7-24-8-10-27)29-19(22-21(16)30-22)11-14-12-26-23-15(14)3-2-6-25-23/h2-6,11-12,21-22,24H,7-10,13H2,1H3,(H,25,26)/b19-11-.